The molecular formula is C23H37BrSi. The minimum atomic E-state index is -1.66. The second-order valence-corrected chi connectivity index (χ2v) is 14.7. The highest BCUT2D eigenvalue weighted by Crippen LogP contribution is 2.40. The van der Waals surface area contributed by atoms with Crippen molar-refractivity contribution in [3.63, 3.8) is 0 Å². The van der Waals surface area contributed by atoms with Gasteiger partial charge in [0, 0.05) is 10.0 Å². The first-order chi connectivity index (χ1) is 11.8. The average Bonchev–Trinajstić information content (AvgIpc) is 2.52. The zero-order valence-electron chi connectivity index (χ0n) is 17.4. The van der Waals surface area contributed by atoms with Crippen molar-refractivity contribution in [2.45, 2.75) is 97.2 Å². The highest BCUT2D eigenvalue weighted by Gasteiger charge is 2.41. The molecule has 0 saturated carbocycles. The number of rotatable bonds is 8. The van der Waals surface area contributed by atoms with E-state index in [0.29, 0.717) is 16.6 Å². The Kier molecular flexibility index (Phi) is 9.53. The first-order valence-electron chi connectivity index (χ1n) is 10.1. The van der Waals surface area contributed by atoms with Crippen molar-refractivity contribution in [3.8, 4) is 11.5 Å². The van der Waals surface area contributed by atoms with Gasteiger partial charge in [0.1, 0.15) is 8.07 Å². The topological polar surface area (TPSA) is 0 Å². The predicted molar refractivity (Wildman–Crippen MR) is 120 cm³/mol. The Labute approximate surface area is 166 Å². The minimum absolute atomic E-state index is 0.677. The van der Waals surface area contributed by atoms with Gasteiger partial charge in [-0.05, 0) is 63.1 Å². The Balaban J connectivity index is 3.01. The van der Waals surface area contributed by atoms with Crippen molar-refractivity contribution < 1.29 is 0 Å². The van der Waals surface area contributed by atoms with E-state index in [2.05, 4.69) is 94.1 Å². The largest absolute Gasteiger partial charge is 0.146 e. The second-order valence-electron chi connectivity index (χ2n) is 8.27. The zero-order valence-corrected chi connectivity index (χ0v) is 20.0. The van der Waals surface area contributed by atoms with E-state index >= 15 is 0 Å². The fourth-order valence-electron chi connectivity index (χ4n) is 4.18. The molecule has 0 saturated heterocycles. The predicted octanol–water partition coefficient (Wildman–Crippen LogP) is 8.14. The van der Waals surface area contributed by atoms with Crippen LogP contribution < -0.4 is 0 Å². The van der Waals surface area contributed by atoms with Gasteiger partial charge in [0.15, 0.2) is 0 Å². The number of aryl methyl sites for hydroxylation is 1. The fraction of sp³-hybridized carbons (Fsp3) is 0.652. The summed E-state index contributed by atoms with van der Waals surface area (Å²) in [5.41, 5.74) is 8.43. The lowest BCUT2D eigenvalue weighted by atomic mass is 10.0. The van der Waals surface area contributed by atoms with Crippen molar-refractivity contribution in [3.05, 3.63) is 33.8 Å². The third-order valence-electron chi connectivity index (χ3n) is 5.63. The van der Waals surface area contributed by atoms with E-state index in [1.165, 1.54) is 37.7 Å². The summed E-state index contributed by atoms with van der Waals surface area (Å²) in [5, 5.41) is 0. The smallest absolute Gasteiger partial charge is 0.125 e. The van der Waals surface area contributed by atoms with E-state index in [1.54, 1.807) is 0 Å². The van der Waals surface area contributed by atoms with Gasteiger partial charge in [0.2, 0.25) is 0 Å². The molecule has 0 aliphatic carbocycles. The molecule has 2 heteroatoms. The van der Waals surface area contributed by atoms with Crippen molar-refractivity contribution in [1.82, 2.24) is 0 Å². The maximum Gasteiger partial charge on any atom is 0.146 e. The van der Waals surface area contributed by atoms with Crippen LogP contribution in [0.1, 0.15) is 85.3 Å². The van der Waals surface area contributed by atoms with Crippen molar-refractivity contribution in [2.24, 2.45) is 0 Å². The summed E-state index contributed by atoms with van der Waals surface area (Å²) < 4.78 is 1.16. The Morgan fingerprint density at radius 3 is 2.00 bits per heavy atom. The van der Waals surface area contributed by atoms with Crippen molar-refractivity contribution in [2.75, 3.05) is 0 Å². The maximum absolute atomic E-state index is 3.83. The first kappa shape index (κ1) is 22.5. The number of hydrogen-bond donors (Lipinski definition) is 0. The zero-order chi connectivity index (χ0) is 19.0. The lowest BCUT2D eigenvalue weighted by molar-refractivity contribution is 0.667. The highest BCUT2D eigenvalue weighted by molar-refractivity contribution is 9.10. The van der Waals surface area contributed by atoms with Crippen LogP contribution in [0.5, 0.6) is 0 Å². The Bertz CT molecular complexity index is 568. The van der Waals surface area contributed by atoms with Crippen LogP contribution in [0.2, 0.25) is 16.6 Å². The van der Waals surface area contributed by atoms with Crippen LogP contribution in [0.4, 0.5) is 0 Å². The third kappa shape index (κ3) is 6.00. The summed E-state index contributed by atoms with van der Waals surface area (Å²) >= 11 is 3.76. The highest BCUT2D eigenvalue weighted by atomic mass is 79.9. The molecule has 0 aliphatic heterocycles. The van der Waals surface area contributed by atoms with Crippen LogP contribution in [0, 0.1) is 11.5 Å². The lowest BCUT2D eigenvalue weighted by Crippen LogP contribution is -2.43. The lowest BCUT2D eigenvalue weighted by Gasteiger charge is -2.38. The van der Waals surface area contributed by atoms with Crippen molar-refractivity contribution >= 4 is 24.0 Å². The van der Waals surface area contributed by atoms with E-state index in [4.69, 9.17) is 0 Å². The molecule has 0 N–H and O–H groups in total. The maximum atomic E-state index is 3.83. The summed E-state index contributed by atoms with van der Waals surface area (Å²) in [4.78, 5) is 0. The summed E-state index contributed by atoms with van der Waals surface area (Å²) in [7, 11) is -1.66. The van der Waals surface area contributed by atoms with Gasteiger partial charge in [-0.1, -0.05) is 79.7 Å². The molecule has 1 rings (SSSR count). The average molecular weight is 422 g/mol. The molecule has 0 aliphatic rings. The van der Waals surface area contributed by atoms with Gasteiger partial charge >= 0.3 is 0 Å². The molecule has 0 nitrogen and oxygen atoms in total. The summed E-state index contributed by atoms with van der Waals surface area (Å²) in [6, 6.07) is 6.76. The van der Waals surface area contributed by atoms with Crippen LogP contribution in [-0.2, 0) is 6.42 Å². The molecule has 0 spiro atoms. The molecule has 0 radical (unpaired) electrons. The minimum Gasteiger partial charge on any atom is -0.125 e. The van der Waals surface area contributed by atoms with Crippen LogP contribution in [0.15, 0.2) is 22.7 Å². The van der Waals surface area contributed by atoms with Crippen LogP contribution >= 0.6 is 15.9 Å². The summed E-state index contributed by atoms with van der Waals surface area (Å²) in [5.74, 6) is 3.57. The van der Waals surface area contributed by atoms with E-state index in [1.807, 2.05) is 0 Å². The molecule has 0 fully saturated rings. The monoisotopic (exact) mass is 420 g/mol. The molecule has 140 valence electrons. The van der Waals surface area contributed by atoms with E-state index in [9.17, 15) is 0 Å². The molecular weight excluding hydrogens is 384 g/mol. The number of benzene rings is 1. The molecule has 0 unspecified atom stereocenters. The third-order valence-corrected chi connectivity index (χ3v) is 12.6. The van der Waals surface area contributed by atoms with Gasteiger partial charge in [0.25, 0.3) is 0 Å². The Morgan fingerprint density at radius 1 is 0.920 bits per heavy atom. The summed E-state index contributed by atoms with van der Waals surface area (Å²) in [6.07, 6.45) is 6.44. The standard InChI is InChI=1S/C23H37BrSi/c1-8-9-10-11-12-21-13-14-22(23(24)17-21)15-16-25(18(2)3,19(4)5)20(6)7/h13-14,17-20H,8-12H2,1-7H3. The van der Waals surface area contributed by atoms with Crippen LogP contribution in [0.3, 0.4) is 0 Å². The van der Waals surface area contributed by atoms with Gasteiger partial charge in [-0.2, -0.15) is 0 Å². The van der Waals surface area contributed by atoms with Gasteiger partial charge in [-0.25, -0.2) is 0 Å². The molecule has 0 aromatic heterocycles. The van der Waals surface area contributed by atoms with E-state index in [0.717, 1.165) is 10.0 Å². The SMILES string of the molecule is CCCCCCc1ccc(C#C[Si](C(C)C)(C(C)C)C(C)C)c(Br)c1. The molecule has 25 heavy (non-hydrogen) atoms. The van der Waals surface area contributed by atoms with E-state index < -0.39 is 8.07 Å². The molecule has 0 heterocycles. The van der Waals surface area contributed by atoms with E-state index in [-0.39, 0.29) is 0 Å². The number of hydrogen-bond acceptors (Lipinski definition) is 0. The molecule has 0 bridgehead atoms. The van der Waals surface area contributed by atoms with Gasteiger partial charge < -0.3 is 0 Å². The molecule has 1 aromatic carbocycles. The normalized spacial score (nSPS) is 12.0. The second kappa shape index (κ2) is 10.6. The van der Waals surface area contributed by atoms with Crippen LogP contribution in [-0.4, -0.2) is 8.07 Å². The molecule has 0 amide bonds. The molecule has 0 atom stereocenters. The number of unbranched alkanes of at least 4 members (excludes halogenated alkanes) is 3. The quantitative estimate of drug-likeness (QED) is 0.226. The van der Waals surface area contributed by atoms with Gasteiger partial charge in [0.05, 0.1) is 0 Å². The van der Waals surface area contributed by atoms with Crippen molar-refractivity contribution in [1.29, 1.82) is 0 Å². The van der Waals surface area contributed by atoms with Crippen LogP contribution in [0.25, 0.3) is 0 Å². The number of halogens is 1. The van der Waals surface area contributed by atoms with Gasteiger partial charge in [-0.15, -0.1) is 5.54 Å². The fourth-order valence-corrected chi connectivity index (χ4v) is 9.92. The Morgan fingerprint density at radius 2 is 1.52 bits per heavy atom. The molecule has 1 aromatic rings. The Hall–Kier alpha value is -0.523. The van der Waals surface area contributed by atoms with Gasteiger partial charge in [-0.3, -0.25) is 0 Å². The summed E-state index contributed by atoms with van der Waals surface area (Å²) in [6.45, 7) is 16.5. The first-order valence-corrected chi connectivity index (χ1v) is 13.1.